The Hall–Kier alpha value is -1.49. The minimum Gasteiger partial charge on any atom is -0.498 e. The van der Waals surface area contributed by atoms with E-state index in [2.05, 4.69) is 26.3 Å². The summed E-state index contributed by atoms with van der Waals surface area (Å²) in [6.45, 7) is 8.60. The lowest BCUT2D eigenvalue weighted by atomic mass is 9.74. The van der Waals surface area contributed by atoms with Crippen LogP contribution in [0.2, 0.25) is 0 Å². The van der Waals surface area contributed by atoms with E-state index in [1.807, 2.05) is 0 Å². The van der Waals surface area contributed by atoms with Gasteiger partial charge in [-0.15, -0.1) is 18.9 Å². The molecule has 0 fully saturated rings. The SMILES string of the molecule is C#CC[C@@]1(CC=C)CCCC(OCC(C)C)=CC1=O. The van der Waals surface area contributed by atoms with Gasteiger partial charge in [-0.1, -0.05) is 19.9 Å². The quantitative estimate of drug-likeness (QED) is 0.535. The van der Waals surface area contributed by atoms with Crippen molar-refractivity contribution >= 4 is 5.78 Å². The molecule has 0 aromatic heterocycles. The molecule has 0 aromatic rings. The number of carbonyl (C=O) groups is 1. The summed E-state index contributed by atoms with van der Waals surface area (Å²) in [5.41, 5.74) is -0.459. The summed E-state index contributed by atoms with van der Waals surface area (Å²) in [4.78, 5) is 12.5. The molecule has 19 heavy (non-hydrogen) atoms. The molecule has 2 heteroatoms. The minimum atomic E-state index is -0.459. The van der Waals surface area contributed by atoms with Crippen LogP contribution in [-0.4, -0.2) is 12.4 Å². The van der Waals surface area contributed by atoms with Crippen molar-refractivity contribution in [2.45, 2.75) is 46.0 Å². The Morgan fingerprint density at radius 3 is 2.95 bits per heavy atom. The van der Waals surface area contributed by atoms with Crippen LogP contribution >= 0.6 is 0 Å². The van der Waals surface area contributed by atoms with Crippen LogP contribution in [0, 0.1) is 23.7 Å². The summed E-state index contributed by atoms with van der Waals surface area (Å²) in [7, 11) is 0. The van der Waals surface area contributed by atoms with E-state index in [9.17, 15) is 4.79 Å². The van der Waals surface area contributed by atoms with E-state index in [0.717, 1.165) is 25.0 Å². The third kappa shape index (κ3) is 4.28. The molecular formula is C17H24O2. The maximum absolute atomic E-state index is 12.5. The Morgan fingerprint density at radius 2 is 2.37 bits per heavy atom. The molecule has 2 nitrogen and oxygen atoms in total. The highest BCUT2D eigenvalue weighted by Crippen LogP contribution is 2.38. The van der Waals surface area contributed by atoms with Gasteiger partial charge in [0.25, 0.3) is 0 Å². The van der Waals surface area contributed by atoms with E-state index < -0.39 is 5.41 Å². The van der Waals surface area contributed by atoms with Crippen LogP contribution in [-0.2, 0) is 9.53 Å². The summed E-state index contributed by atoms with van der Waals surface area (Å²) in [6.07, 6.45) is 12.6. The summed E-state index contributed by atoms with van der Waals surface area (Å²) in [5, 5.41) is 0. The van der Waals surface area contributed by atoms with Crippen LogP contribution in [0.25, 0.3) is 0 Å². The van der Waals surface area contributed by atoms with Crippen LogP contribution in [0.1, 0.15) is 46.0 Å². The normalized spacial score (nSPS) is 23.5. The molecule has 1 aliphatic rings. The van der Waals surface area contributed by atoms with Gasteiger partial charge in [-0.3, -0.25) is 4.79 Å². The molecule has 1 atom stereocenters. The van der Waals surface area contributed by atoms with Gasteiger partial charge >= 0.3 is 0 Å². The highest BCUT2D eigenvalue weighted by Gasteiger charge is 2.36. The number of hydrogen-bond donors (Lipinski definition) is 0. The third-order valence-corrected chi connectivity index (χ3v) is 3.47. The van der Waals surface area contributed by atoms with E-state index in [4.69, 9.17) is 11.2 Å². The highest BCUT2D eigenvalue weighted by molar-refractivity contribution is 5.95. The van der Waals surface area contributed by atoms with Crippen molar-refractivity contribution in [2.75, 3.05) is 6.61 Å². The van der Waals surface area contributed by atoms with Gasteiger partial charge < -0.3 is 4.74 Å². The monoisotopic (exact) mass is 260 g/mol. The molecule has 0 amide bonds. The largest absolute Gasteiger partial charge is 0.498 e. The van der Waals surface area contributed by atoms with Crippen molar-refractivity contribution in [2.24, 2.45) is 11.3 Å². The zero-order valence-corrected chi connectivity index (χ0v) is 12.1. The molecule has 0 unspecified atom stereocenters. The Morgan fingerprint density at radius 1 is 1.63 bits per heavy atom. The van der Waals surface area contributed by atoms with Gasteiger partial charge in [0.05, 0.1) is 12.4 Å². The first-order valence-corrected chi connectivity index (χ1v) is 6.96. The number of hydrogen-bond acceptors (Lipinski definition) is 2. The van der Waals surface area contributed by atoms with E-state index in [-0.39, 0.29) is 5.78 Å². The molecule has 1 rings (SSSR count). The number of rotatable bonds is 6. The fourth-order valence-electron chi connectivity index (χ4n) is 2.41. The van der Waals surface area contributed by atoms with Crippen LogP contribution in [0.4, 0.5) is 0 Å². The molecule has 0 aliphatic heterocycles. The topological polar surface area (TPSA) is 26.3 Å². The number of ether oxygens (including phenoxy) is 1. The molecule has 0 spiro atoms. The average molecular weight is 260 g/mol. The van der Waals surface area contributed by atoms with Gasteiger partial charge in [0.15, 0.2) is 5.78 Å². The van der Waals surface area contributed by atoms with E-state index >= 15 is 0 Å². The summed E-state index contributed by atoms with van der Waals surface area (Å²) >= 11 is 0. The molecule has 0 N–H and O–H groups in total. The number of allylic oxidation sites excluding steroid dienone is 3. The molecule has 104 valence electrons. The van der Waals surface area contributed by atoms with Crippen molar-refractivity contribution in [3.8, 4) is 12.3 Å². The number of ketones is 1. The van der Waals surface area contributed by atoms with Crippen molar-refractivity contribution in [3.63, 3.8) is 0 Å². The van der Waals surface area contributed by atoms with Gasteiger partial charge in [0, 0.05) is 24.3 Å². The van der Waals surface area contributed by atoms with Crippen LogP contribution in [0.3, 0.4) is 0 Å². The molecule has 0 bridgehead atoms. The lowest BCUT2D eigenvalue weighted by molar-refractivity contribution is -0.123. The Labute approximate surface area is 116 Å². The minimum absolute atomic E-state index is 0.0987. The first-order valence-electron chi connectivity index (χ1n) is 6.96. The maximum atomic E-state index is 12.5. The van der Waals surface area contributed by atoms with E-state index in [0.29, 0.717) is 25.4 Å². The molecule has 0 heterocycles. The van der Waals surface area contributed by atoms with Crippen molar-refractivity contribution in [1.82, 2.24) is 0 Å². The molecule has 0 saturated carbocycles. The van der Waals surface area contributed by atoms with Gasteiger partial charge in [-0.2, -0.15) is 0 Å². The van der Waals surface area contributed by atoms with Gasteiger partial charge in [-0.05, 0) is 25.2 Å². The smallest absolute Gasteiger partial charge is 0.166 e. The fourth-order valence-corrected chi connectivity index (χ4v) is 2.41. The Bertz CT molecular complexity index is 398. The molecule has 0 aromatic carbocycles. The highest BCUT2D eigenvalue weighted by atomic mass is 16.5. The Balaban J connectivity index is 2.86. The predicted molar refractivity (Wildman–Crippen MR) is 78.4 cm³/mol. The van der Waals surface area contributed by atoms with Crippen molar-refractivity contribution in [1.29, 1.82) is 0 Å². The number of carbonyl (C=O) groups excluding carboxylic acids is 1. The first-order chi connectivity index (χ1) is 9.04. The second-order valence-corrected chi connectivity index (χ2v) is 5.69. The fraction of sp³-hybridized carbons (Fsp3) is 0.588. The van der Waals surface area contributed by atoms with Gasteiger partial charge in [0.2, 0.25) is 0 Å². The van der Waals surface area contributed by atoms with Crippen LogP contribution in [0.15, 0.2) is 24.5 Å². The zero-order valence-electron chi connectivity index (χ0n) is 12.1. The number of terminal acetylenes is 1. The van der Waals surface area contributed by atoms with E-state index in [1.54, 1.807) is 12.2 Å². The lowest BCUT2D eigenvalue weighted by Gasteiger charge is -2.26. The van der Waals surface area contributed by atoms with Crippen molar-refractivity contribution in [3.05, 3.63) is 24.5 Å². The van der Waals surface area contributed by atoms with Gasteiger partial charge in [0.1, 0.15) is 0 Å². The predicted octanol–water partition coefficient (Wildman–Crippen LogP) is 3.88. The molecule has 0 radical (unpaired) electrons. The molecular weight excluding hydrogens is 236 g/mol. The summed E-state index contributed by atoms with van der Waals surface area (Å²) in [6, 6.07) is 0. The maximum Gasteiger partial charge on any atom is 0.166 e. The summed E-state index contributed by atoms with van der Waals surface area (Å²) in [5.74, 6) is 4.01. The zero-order chi connectivity index (χ0) is 14.3. The lowest BCUT2D eigenvalue weighted by Crippen LogP contribution is -2.28. The van der Waals surface area contributed by atoms with Gasteiger partial charge in [-0.25, -0.2) is 0 Å². The molecule has 1 aliphatic carbocycles. The average Bonchev–Trinajstić information content (AvgIpc) is 2.49. The van der Waals surface area contributed by atoms with Crippen LogP contribution in [0.5, 0.6) is 0 Å². The standard InChI is InChI=1S/C17H24O2/c1-5-9-17(10-6-2)11-7-8-15(12-16(17)18)19-13-14(3)4/h1,6,12,14H,2,7-11,13H2,3-4H3/t17-/m1/s1. The first kappa shape index (κ1) is 15.6. The second kappa shape index (κ2) is 7.19. The van der Waals surface area contributed by atoms with E-state index in [1.165, 1.54) is 0 Å². The van der Waals surface area contributed by atoms with Crippen molar-refractivity contribution < 1.29 is 9.53 Å². The molecule has 0 saturated heterocycles. The summed E-state index contributed by atoms with van der Waals surface area (Å²) < 4.78 is 5.71. The van der Waals surface area contributed by atoms with Crippen LogP contribution < -0.4 is 0 Å². The third-order valence-electron chi connectivity index (χ3n) is 3.47. The second-order valence-electron chi connectivity index (χ2n) is 5.69. The Kier molecular flexibility index (Phi) is 5.89.